The van der Waals surface area contributed by atoms with E-state index in [9.17, 15) is 0 Å². The molecule has 0 saturated carbocycles. The monoisotopic (exact) mass is 273 g/mol. The number of aromatic nitrogens is 3. The Hall–Kier alpha value is -2.08. The lowest BCUT2D eigenvalue weighted by Crippen LogP contribution is -2.36. The molecule has 0 spiro atoms. The predicted molar refractivity (Wildman–Crippen MR) is 77.8 cm³/mol. The molecule has 20 heavy (non-hydrogen) atoms. The zero-order valence-electron chi connectivity index (χ0n) is 11.6. The van der Waals surface area contributed by atoms with Gasteiger partial charge in [-0.1, -0.05) is 5.21 Å². The summed E-state index contributed by atoms with van der Waals surface area (Å²) in [7, 11) is 1.89. The van der Waals surface area contributed by atoms with Crippen LogP contribution in [0.1, 0.15) is 5.69 Å². The molecule has 0 aliphatic carbocycles. The molecule has 1 fully saturated rings. The Bertz CT molecular complexity index is 545. The molecule has 2 aromatic rings. The Morgan fingerprint density at radius 2 is 1.95 bits per heavy atom. The Labute approximate surface area is 118 Å². The number of nitrogens with zero attached hydrogens (tertiary/aromatic N) is 4. The van der Waals surface area contributed by atoms with Crippen molar-refractivity contribution >= 4 is 11.4 Å². The van der Waals surface area contributed by atoms with Crippen molar-refractivity contribution in [2.75, 3.05) is 36.5 Å². The predicted octanol–water partition coefficient (Wildman–Crippen LogP) is 1.26. The van der Waals surface area contributed by atoms with E-state index in [0.717, 1.165) is 44.2 Å². The summed E-state index contributed by atoms with van der Waals surface area (Å²) in [5.41, 5.74) is 3.41. The lowest BCUT2D eigenvalue weighted by molar-refractivity contribution is 0.122. The number of ether oxygens (including phenoxy) is 1. The Kier molecular flexibility index (Phi) is 3.83. The Morgan fingerprint density at radius 1 is 1.20 bits per heavy atom. The van der Waals surface area contributed by atoms with Crippen LogP contribution in [0, 0.1) is 0 Å². The maximum absolute atomic E-state index is 5.37. The van der Waals surface area contributed by atoms with Gasteiger partial charge in [0.25, 0.3) is 0 Å². The molecule has 0 atom stereocenters. The van der Waals surface area contributed by atoms with Crippen molar-refractivity contribution in [3.05, 3.63) is 36.2 Å². The fraction of sp³-hybridized carbons (Fsp3) is 0.429. The summed E-state index contributed by atoms with van der Waals surface area (Å²) in [6, 6.07) is 8.51. The van der Waals surface area contributed by atoms with Crippen LogP contribution in [-0.2, 0) is 18.3 Å². The van der Waals surface area contributed by atoms with Crippen molar-refractivity contribution in [1.29, 1.82) is 0 Å². The van der Waals surface area contributed by atoms with Crippen LogP contribution in [0.15, 0.2) is 30.5 Å². The molecule has 0 unspecified atom stereocenters. The Morgan fingerprint density at radius 3 is 2.60 bits per heavy atom. The van der Waals surface area contributed by atoms with Gasteiger partial charge in [-0.3, -0.25) is 4.68 Å². The van der Waals surface area contributed by atoms with Crippen molar-refractivity contribution in [2.45, 2.75) is 6.54 Å². The molecule has 1 aliphatic heterocycles. The quantitative estimate of drug-likeness (QED) is 0.909. The number of morpholine rings is 1. The van der Waals surface area contributed by atoms with E-state index in [0.29, 0.717) is 0 Å². The fourth-order valence-electron chi connectivity index (χ4n) is 2.28. The van der Waals surface area contributed by atoms with Crippen LogP contribution in [0.2, 0.25) is 0 Å². The summed E-state index contributed by atoms with van der Waals surface area (Å²) in [4.78, 5) is 2.35. The average molecular weight is 273 g/mol. The lowest BCUT2D eigenvalue weighted by Gasteiger charge is -2.28. The minimum absolute atomic E-state index is 0.723. The van der Waals surface area contributed by atoms with E-state index in [1.54, 1.807) is 10.9 Å². The first-order valence-electron chi connectivity index (χ1n) is 6.83. The fourth-order valence-corrected chi connectivity index (χ4v) is 2.28. The van der Waals surface area contributed by atoms with Gasteiger partial charge in [0.1, 0.15) is 0 Å². The van der Waals surface area contributed by atoms with Crippen molar-refractivity contribution in [3.8, 4) is 0 Å². The highest BCUT2D eigenvalue weighted by atomic mass is 16.5. The standard InChI is InChI=1S/C14H19N5O/c1-18-14(11-16-17-18)10-15-12-2-4-13(5-3-12)19-6-8-20-9-7-19/h2-5,11,15H,6-10H2,1H3. The molecule has 1 aromatic carbocycles. The first-order valence-corrected chi connectivity index (χ1v) is 6.83. The highest BCUT2D eigenvalue weighted by molar-refractivity contribution is 5.55. The van der Waals surface area contributed by atoms with Gasteiger partial charge in [0.2, 0.25) is 0 Å². The average Bonchev–Trinajstić information content (AvgIpc) is 2.92. The van der Waals surface area contributed by atoms with Crippen LogP contribution in [0.4, 0.5) is 11.4 Å². The topological polar surface area (TPSA) is 55.2 Å². The van der Waals surface area contributed by atoms with E-state index in [1.807, 2.05) is 7.05 Å². The summed E-state index contributed by atoms with van der Waals surface area (Å²) < 4.78 is 7.14. The van der Waals surface area contributed by atoms with Gasteiger partial charge < -0.3 is 15.0 Å². The molecular formula is C14H19N5O. The van der Waals surface area contributed by atoms with Gasteiger partial charge in [0.05, 0.1) is 31.6 Å². The van der Waals surface area contributed by atoms with Gasteiger partial charge in [-0.05, 0) is 24.3 Å². The van der Waals surface area contributed by atoms with Crippen LogP contribution < -0.4 is 10.2 Å². The minimum Gasteiger partial charge on any atom is -0.379 e. The maximum Gasteiger partial charge on any atom is 0.0774 e. The van der Waals surface area contributed by atoms with E-state index in [2.05, 4.69) is 44.8 Å². The summed E-state index contributed by atoms with van der Waals surface area (Å²) in [6.45, 7) is 4.28. The van der Waals surface area contributed by atoms with Gasteiger partial charge in [-0.2, -0.15) is 0 Å². The summed E-state index contributed by atoms with van der Waals surface area (Å²) >= 11 is 0. The number of benzene rings is 1. The minimum atomic E-state index is 0.723. The molecule has 0 radical (unpaired) electrons. The second-order valence-electron chi connectivity index (χ2n) is 4.85. The first kappa shape index (κ1) is 12.9. The zero-order chi connectivity index (χ0) is 13.8. The highest BCUT2D eigenvalue weighted by Crippen LogP contribution is 2.19. The van der Waals surface area contributed by atoms with Crippen LogP contribution in [0.5, 0.6) is 0 Å². The number of nitrogens with one attached hydrogen (secondary N) is 1. The lowest BCUT2D eigenvalue weighted by atomic mass is 10.2. The molecule has 1 saturated heterocycles. The van der Waals surface area contributed by atoms with Crippen LogP contribution in [0.25, 0.3) is 0 Å². The second-order valence-corrected chi connectivity index (χ2v) is 4.85. The largest absolute Gasteiger partial charge is 0.379 e. The smallest absolute Gasteiger partial charge is 0.0774 e. The zero-order valence-corrected chi connectivity index (χ0v) is 11.6. The molecular weight excluding hydrogens is 254 g/mol. The molecule has 6 heteroatoms. The second kappa shape index (κ2) is 5.92. The number of aryl methyl sites for hydroxylation is 1. The van der Waals surface area contributed by atoms with Crippen molar-refractivity contribution in [1.82, 2.24) is 15.0 Å². The van der Waals surface area contributed by atoms with Crippen LogP contribution in [-0.4, -0.2) is 41.3 Å². The Balaban J connectivity index is 1.59. The van der Waals surface area contributed by atoms with Crippen molar-refractivity contribution < 1.29 is 4.74 Å². The van der Waals surface area contributed by atoms with Gasteiger partial charge in [0.15, 0.2) is 0 Å². The number of anilines is 2. The summed E-state index contributed by atoms with van der Waals surface area (Å²) in [5, 5.41) is 11.2. The SMILES string of the molecule is Cn1nncc1CNc1ccc(N2CCOCC2)cc1. The number of hydrogen-bond donors (Lipinski definition) is 1. The number of rotatable bonds is 4. The van der Waals surface area contributed by atoms with Crippen molar-refractivity contribution in [2.24, 2.45) is 7.05 Å². The van der Waals surface area contributed by atoms with Gasteiger partial charge in [-0.15, -0.1) is 5.10 Å². The molecule has 1 aromatic heterocycles. The highest BCUT2D eigenvalue weighted by Gasteiger charge is 2.10. The number of hydrogen-bond acceptors (Lipinski definition) is 5. The molecule has 6 nitrogen and oxygen atoms in total. The van der Waals surface area contributed by atoms with E-state index in [1.165, 1.54) is 5.69 Å². The van der Waals surface area contributed by atoms with Gasteiger partial charge in [0, 0.05) is 31.5 Å². The molecule has 2 heterocycles. The van der Waals surface area contributed by atoms with E-state index in [4.69, 9.17) is 4.74 Å². The molecule has 1 aliphatic rings. The molecule has 0 bridgehead atoms. The third-order valence-electron chi connectivity index (χ3n) is 3.53. The van der Waals surface area contributed by atoms with Crippen LogP contribution >= 0.6 is 0 Å². The normalized spacial score (nSPS) is 15.3. The third kappa shape index (κ3) is 2.91. The van der Waals surface area contributed by atoms with E-state index >= 15 is 0 Å². The summed E-state index contributed by atoms with van der Waals surface area (Å²) in [5.74, 6) is 0. The van der Waals surface area contributed by atoms with Crippen LogP contribution in [0.3, 0.4) is 0 Å². The van der Waals surface area contributed by atoms with Gasteiger partial charge >= 0.3 is 0 Å². The van der Waals surface area contributed by atoms with Gasteiger partial charge in [-0.25, -0.2) is 0 Å². The third-order valence-corrected chi connectivity index (χ3v) is 3.53. The maximum atomic E-state index is 5.37. The molecule has 1 N–H and O–H groups in total. The van der Waals surface area contributed by atoms with E-state index in [-0.39, 0.29) is 0 Å². The van der Waals surface area contributed by atoms with Crippen molar-refractivity contribution in [3.63, 3.8) is 0 Å². The van der Waals surface area contributed by atoms with E-state index < -0.39 is 0 Å². The first-order chi connectivity index (χ1) is 9.83. The molecule has 106 valence electrons. The molecule has 3 rings (SSSR count). The summed E-state index contributed by atoms with van der Waals surface area (Å²) in [6.07, 6.45) is 1.77. The molecule has 0 amide bonds.